The van der Waals surface area contributed by atoms with Crippen molar-refractivity contribution in [3.05, 3.63) is 113 Å². The number of anilines is 1. The van der Waals surface area contributed by atoms with Gasteiger partial charge in [0.2, 0.25) is 0 Å². The number of aromatic nitrogens is 2. The van der Waals surface area contributed by atoms with Gasteiger partial charge in [-0.25, -0.2) is 9.97 Å². The minimum Gasteiger partial charge on any atom is -0.382 e. The largest absolute Gasteiger partial charge is 0.382 e. The van der Waals surface area contributed by atoms with Crippen molar-refractivity contribution < 1.29 is 9.59 Å². The molecule has 0 unspecified atom stereocenters. The van der Waals surface area contributed by atoms with Crippen molar-refractivity contribution in [3.8, 4) is 11.3 Å². The van der Waals surface area contributed by atoms with Crippen molar-refractivity contribution >= 4 is 17.5 Å². The van der Waals surface area contributed by atoms with Crippen molar-refractivity contribution in [2.45, 2.75) is 19.9 Å². The first kappa shape index (κ1) is 21.9. The molecule has 0 bridgehead atoms. The Morgan fingerprint density at radius 3 is 2.42 bits per heavy atom. The Labute approximate surface area is 192 Å². The number of nitrogens with two attached hydrogens (primary N) is 1. The van der Waals surface area contributed by atoms with Crippen LogP contribution in [-0.2, 0) is 13.0 Å². The van der Waals surface area contributed by atoms with E-state index in [1.165, 1.54) is 6.20 Å². The van der Waals surface area contributed by atoms with Gasteiger partial charge in [-0.3, -0.25) is 9.59 Å². The SMILES string of the molecule is Cc1ccc(CC(=O)c2nc(-c3cccc(C(=O)NCc4ccccc4)c3)cnc2N)cc1. The maximum Gasteiger partial charge on any atom is 0.251 e. The summed E-state index contributed by atoms with van der Waals surface area (Å²) in [4.78, 5) is 34.1. The van der Waals surface area contributed by atoms with E-state index in [0.717, 1.165) is 16.7 Å². The second-order valence-electron chi connectivity index (χ2n) is 7.82. The van der Waals surface area contributed by atoms with Crippen LogP contribution in [-0.4, -0.2) is 21.7 Å². The fourth-order valence-corrected chi connectivity index (χ4v) is 3.42. The van der Waals surface area contributed by atoms with Crippen LogP contribution in [0.3, 0.4) is 0 Å². The second kappa shape index (κ2) is 9.87. The van der Waals surface area contributed by atoms with Gasteiger partial charge in [-0.1, -0.05) is 72.3 Å². The normalized spacial score (nSPS) is 10.6. The summed E-state index contributed by atoms with van der Waals surface area (Å²) < 4.78 is 0. The maximum absolute atomic E-state index is 12.9. The molecule has 1 aromatic heterocycles. The van der Waals surface area contributed by atoms with E-state index >= 15 is 0 Å². The third-order valence-electron chi connectivity index (χ3n) is 5.27. The average molecular weight is 437 g/mol. The van der Waals surface area contributed by atoms with Gasteiger partial charge >= 0.3 is 0 Å². The summed E-state index contributed by atoms with van der Waals surface area (Å²) in [5.41, 5.74) is 10.8. The van der Waals surface area contributed by atoms with E-state index in [4.69, 9.17) is 5.73 Å². The fourth-order valence-electron chi connectivity index (χ4n) is 3.42. The molecule has 0 radical (unpaired) electrons. The fraction of sp³-hybridized carbons (Fsp3) is 0.111. The zero-order chi connectivity index (χ0) is 23.2. The van der Waals surface area contributed by atoms with Crippen molar-refractivity contribution in [1.82, 2.24) is 15.3 Å². The molecular formula is C27H24N4O2. The number of ketones is 1. The molecule has 3 aromatic carbocycles. The molecule has 4 aromatic rings. The zero-order valence-electron chi connectivity index (χ0n) is 18.3. The van der Waals surface area contributed by atoms with E-state index in [1.54, 1.807) is 18.2 Å². The van der Waals surface area contributed by atoms with Crippen LogP contribution in [0.15, 0.2) is 85.1 Å². The van der Waals surface area contributed by atoms with E-state index in [9.17, 15) is 9.59 Å². The quantitative estimate of drug-likeness (QED) is 0.419. The molecule has 33 heavy (non-hydrogen) atoms. The third kappa shape index (κ3) is 5.49. The molecule has 0 saturated carbocycles. The van der Waals surface area contributed by atoms with Gasteiger partial charge in [0.05, 0.1) is 11.9 Å². The highest BCUT2D eigenvalue weighted by molar-refractivity contribution is 6.00. The van der Waals surface area contributed by atoms with Crippen molar-refractivity contribution in [2.75, 3.05) is 5.73 Å². The number of rotatable bonds is 7. The molecule has 1 heterocycles. The summed E-state index contributed by atoms with van der Waals surface area (Å²) in [5, 5.41) is 2.91. The Morgan fingerprint density at radius 1 is 0.909 bits per heavy atom. The highest BCUT2D eigenvalue weighted by Crippen LogP contribution is 2.21. The standard InChI is InChI=1S/C27H24N4O2/c1-18-10-12-19(13-11-18)14-24(32)25-26(28)29-17-23(31-25)21-8-5-9-22(15-21)27(33)30-16-20-6-3-2-4-7-20/h2-13,15,17H,14,16H2,1H3,(H2,28,29)(H,30,33). The number of hydrogen-bond donors (Lipinski definition) is 2. The number of hydrogen-bond acceptors (Lipinski definition) is 5. The van der Waals surface area contributed by atoms with Crippen LogP contribution in [0, 0.1) is 6.92 Å². The zero-order valence-corrected chi connectivity index (χ0v) is 18.3. The van der Waals surface area contributed by atoms with Gasteiger partial charge in [0.25, 0.3) is 5.91 Å². The predicted octanol–water partition coefficient (Wildman–Crippen LogP) is 4.39. The van der Waals surface area contributed by atoms with Gasteiger partial charge in [-0.2, -0.15) is 0 Å². The number of carbonyl (C=O) groups excluding carboxylic acids is 2. The lowest BCUT2D eigenvalue weighted by atomic mass is 10.0. The number of nitrogens with zero attached hydrogens (tertiary/aromatic N) is 2. The van der Waals surface area contributed by atoms with Gasteiger partial charge in [0.1, 0.15) is 5.69 Å². The van der Waals surface area contributed by atoms with Gasteiger partial charge in [0.15, 0.2) is 11.6 Å². The monoisotopic (exact) mass is 436 g/mol. The number of benzene rings is 3. The molecule has 0 saturated heterocycles. The van der Waals surface area contributed by atoms with Crippen molar-refractivity contribution in [2.24, 2.45) is 0 Å². The summed E-state index contributed by atoms with van der Waals surface area (Å²) in [6, 6.07) is 24.5. The number of aryl methyl sites for hydroxylation is 1. The molecule has 0 aliphatic carbocycles. The molecule has 6 nitrogen and oxygen atoms in total. The molecule has 3 N–H and O–H groups in total. The highest BCUT2D eigenvalue weighted by Gasteiger charge is 2.16. The average Bonchev–Trinajstić information content (AvgIpc) is 2.85. The van der Waals surface area contributed by atoms with Gasteiger partial charge < -0.3 is 11.1 Å². The number of amides is 1. The lowest BCUT2D eigenvalue weighted by Crippen LogP contribution is -2.22. The minimum absolute atomic E-state index is 0.0904. The summed E-state index contributed by atoms with van der Waals surface area (Å²) in [6.07, 6.45) is 1.70. The smallest absolute Gasteiger partial charge is 0.251 e. The summed E-state index contributed by atoms with van der Waals surface area (Å²) >= 11 is 0. The second-order valence-corrected chi connectivity index (χ2v) is 7.82. The number of carbonyl (C=O) groups is 2. The lowest BCUT2D eigenvalue weighted by molar-refractivity contribution is 0.0949. The first-order chi connectivity index (χ1) is 16.0. The van der Waals surface area contributed by atoms with Gasteiger partial charge in [-0.15, -0.1) is 0 Å². The number of nitrogens with one attached hydrogen (secondary N) is 1. The van der Waals surface area contributed by atoms with E-state index in [-0.39, 0.29) is 29.6 Å². The number of nitrogen functional groups attached to an aromatic ring is 1. The molecule has 0 fully saturated rings. The molecule has 0 aliphatic rings. The number of Topliss-reactive ketones (excluding diaryl/α,β-unsaturated/α-hetero) is 1. The van der Waals surface area contributed by atoms with Gasteiger partial charge in [0, 0.05) is 24.1 Å². The van der Waals surface area contributed by atoms with E-state index < -0.39 is 0 Å². The molecule has 0 spiro atoms. The first-order valence-corrected chi connectivity index (χ1v) is 10.6. The first-order valence-electron chi connectivity index (χ1n) is 10.6. The Kier molecular flexibility index (Phi) is 6.55. The van der Waals surface area contributed by atoms with Crippen LogP contribution in [0.1, 0.15) is 37.5 Å². The topological polar surface area (TPSA) is 98.0 Å². The molecular weight excluding hydrogens is 412 g/mol. The van der Waals surface area contributed by atoms with E-state index in [1.807, 2.05) is 67.6 Å². The van der Waals surface area contributed by atoms with Crippen LogP contribution in [0.2, 0.25) is 0 Å². The van der Waals surface area contributed by atoms with Crippen LogP contribution in [0.4, 0.5) is 5.82 Å². The molecule has 1 amide bonds. The summed E-state index contributed by atoms with van der Waals surface area (Å²) in [5.74, 6) is -0.310. The maximum atomic E-state index is 12.9. The van der Waals surface area contributed by atoms with Crippen LogP contribution in [0.5, 0.6) is 0 Å². The molecule has 0 atom stereocenters. The van der Waals surface area contributed by atoms with Crippen molar-refractivity contribution in [1.29, 1.82) is 0 Å². The highest BCUT2D eigenvalue weighted by atomic mass is 16.1. The Hall–Kier alpha value is -4.32. The summed E-state index contributed by atoms with van der Waals surface area (Å²) in [6.45, 7) is 2.43. The molecule has 0 aliphatic heterocycles. The van der Waals surface area contributed by atoms with E-state index in [2.05, 4.69) is 15.3 Å². The minimum atomic E-state index is -0.206. The molecule has 4 rings (SSSR count). The Morgan fingerprint density at radius 2 is 1.67 bits per heavy atom. The third-order valence-corrected chi connectivity index (χ3v) is 5.27. The van der Waals surface area contributed by atoms with Crippen LogP contribution in [0.25, 0.3) is 11.3 Å². The molecule has 6 heteroatoms. The van der Waals surface area contributed by atoms with E-state index in [0.29, 0.717) is 23.4 Å². The molecule has 164 valence electrons. The lowest BCUT2D eigenvalue weighted by Gasteiger charge is -2.09. The predicted molar refractivity (Wildman–Crippen MR) is 129 cm³/mol. The Balaban J connectivity index is 1.52. The van der Waals surface area contributed by atoms with Crippen molar-refractivity contribution in [3.63, 3.8) is 0 Å². The Bertz CT molecular complexity index is 1290. The van der Waals surface area contributed by atoms with Crippen LogP contribution < -0.4 is 11.1 Å². The summed E-state index contributed by atoms with van der Waals surface area (Å²) in [7, 11) is 0. The van der Waals surface area contributed by atoms with Crippen LogP contribution >= 0.6 is 0 Å². The van der Waals surface area contributed by atoms with Gasteiger partial charge in [-0.05, 0) is 30.2 Å².